The van der Waals surface area contributed by atoms with Gasteiger partial charge in [0.25, 0.3) is 0 Å². The summed E-state index contributed by atoms with van der Waals surface area (Å²) in [6, 6.07) is 66.1. The number of para-hydroxylation sites is 2. The topological polar surface area (TPSA) is 8.17 Å². The van der Waals surface area contributed by atoms with Gasteiger partial charge in [0.15, 0.2) is 0 Å². The summed E-state index contributed by atoms with van der Waals surface area (Å²) in [6.45, 7) is 6.11. The monoisotopic (exact) mass is 734 g/mol. The summed E-state index contributed by atoms with van der Waals surface area (Å²) in [5.41, 5.74) is 13.0. The van der Waals surface area contributed by atoms with Crippen molar-refractivity contribution in [2.75, 3.05) is 4.90 Å². The van der Waals surface area contributed by atoms with Crippen LogP contribution in [0.4, 0.5) is 17.1 Å². The first kappa shape index (κ1) is 33.6. The molecule has 2 aromatic heterocycles. The molecule has 0 bridgehead atoms. The average molecular weight is 735 g/mol. The normalized spacial score (nSPS) is 11.7. The van der Waals surface area contributed by atoms with Crippen LogP contribution in [0.2, 0.25) is 0 Å². The van der Waals surface area contributed by atoms with Crippen molar-refractivity contribution in [3.63, 3.8) is 0 Å². The van der Waals surface area contributed by atoms with E-state index in [1.807, 2.05) is 23.5 Å². The highest BCUT2D eigenvalue weighted by Crippen LogP contribution is 2.53. The van der Waals surface area contributed by atoms with Crippen molar-refractivity contribution in [2.45, 2.75) is 6.92 Å². The molecule has 0 saturated carbocycles. The standard InChI is InChI=1S/C53H38N2S/c1-3-4-25-47-36(2)43-21-13-15-26-48(43)55(47)42-34-30-38(31-35-42)37-28-32-41(33-29-37)54(40-19-9-6-10-20-40)52-45-23-12-11-22-44(45)51-46-24-14-16-27-49(46)56-53(51)50(52)39-17-7-5-8-18-39/h3-35H,1H2,2H3/b25-4-. The molecule has 266 valence electrons. The predicted molar refractivity (Wildman–Crippen MR) is 243 cm³/mol. The summed E-state index contributed by atoms with van der Waals surface area (Å²) in [5.74, 6) is 0. The maximum atomic E-state index is 3.91. The van der Waals surface area contributed by atoms with Crippen LogP contribution in [0.25, 0.3) is 75.9 Å². The van der Waals surface area contributed by atoms with Gasteiger partial charge in [-0.25, -0.2) is 0 Å². The minimum atomic E-state index is 1.10. The van der Waals surface area contributed by atoms with Gasteiger partial charge in [0.2, 0.25) is 0 Å². The number of rotatable bonds is 8. The van der Waals surface area contributed by atoms with Crippen molar-refractivity contribution < 1.29 is 0 Å². The minimum absolute atomic E-state index is 1.10. The van der Waals surface area contributed by atoms with E-state index < -0.39 is 0 Å². The van der Waals surface area contributed by atoms with E-state index in [2.05, 4.69) is 211 Å². The largest absolute Gasteiger partial charge is 0.310 e. The van der Waals surface area contributed by atoms with Gasteiger partial charge in [0.1, 0.15) is 0 Å². The van der Waals surface area contributed by atoms with Crippen molar-refractivity contribution in [1.82, 2.24) is 4.57 Å². The number of anilines is 3. The third-order valence-corrected chi connectivity index (χ3v) is 12.1. The molecule has 2 heterocycles. The first-order valence-corrected chi connectivity index (χ1v) is 19.9. The number of nitrogens with zero attached hydrogens (tertiary/aromatic N) is 2. The zero-order chi connectivity index (χ0) is 37.6. The highest BCUT2D eigenvalue weighted by atomic mass is 32.1. The quantitative estimate of drug-likeness (QED) is 0.141. The third kappa shape index (κ3) is 5.56. The molecule has 0 aliphatic rings. The lowest BCUT2D eigenvalue weighted by atomic mass is 9.93. The Balaban J connectivity index is 1.13. The molecule has 56 heavy (non-hydrogen) atoms. The lowest BCUT2D eigenvalue weighted by Gasteiger charge is -2.30. The van der Waals surface area contributed by atoms with Gasteiger partial charge in [0, 0.05) is 59.3 Å². The highest BCUT2D eigenvalue weighted by molar-refractivity contribution is 7.26. The van der Waals surface area contributed by atoms with Crippen LogP contribution in [-0.2, 0) is 0 Å². The van der Waals surface area contributed by atoms with Gasteiger partial charge >= 0.3 is 0 Å². The fourth-order valence-corrected chi connectivity index (χ4v) is 9.68. The predicted octanol–water partition coefficient (Wildman–Crippen LogP) is 15.5. The fraction of sp³-hybridized carbons (Fsp3) is 0.0189. The first-order valence-electron chi connectivity index (χ1n) is 19.1. The first-order chi connectivity index (χ1) is 27.7. The second-order valence-electron chi connectivity index (χ2n) is 14.2. The minimum Gasteiger partial charge on any atom is -0.310 e. The summed E-state index contributed by atoms with van der Waals surface area (Å²) in [6.07, 6.45) is 6.00. The SMILES string of the molecule is C=C/C=C\c1c(C)c2ccccc2n1-c1ccc(-c2ccc(N(c3ccccc3)c3c(-c4ccccc4)c4sc5ccccc5c4c4ccccc34)cc2)cc1. The van der Waals surface area contributed by atoms with Crippen LogP contribution in [0, 0.1) is 6.92 Å². The Morgan fingerprint density at radius 2 is 1.11 bits per heavy atom. The Morgan fingerprint density at radius 3 is 1.82 bits per heavy atom. The van der Waals surface area contributed by atoms with Crippen molar-refractivity contribution in [3.8, 4) is 27.9 Å². The number of allylic oxidation sites excluding steroid dienone is 2. The summed E-state index contributed by atoms with van der Waals surface area (Å²) in [4.78, 5) is 2.46. The second kappa shape index (κ2) is 14.0. The van der Waals surface area contributed by atoms with Crippen LogP contribution >= 0.6 is 11.3 Å². The molecule has 0 unspecified atom stereocenters. The molecule has 0 N–H and O–H groups in total. The second-order valence-corrected chi connectivity index (χ2v) is 15.2. The van der Waals surface area contributed by atoms with Crippen molar-refractivity contribution >= 4 is 76.3 Å². The molecule has 10 aromatic rings. The van der Waals surface area contributed by atoms with Crippen LogP contribution in [0.15, 0.2) is 201 Å². The van der Waals surface area contributed by atoms with E-state index >= 15 is 0 Å². The molecule has 0 atom stereocenters. The van der Waals surface area contributed by atoms with E-state index in [0.29, 0.717) is 0 Å². The summed E-state index contributed by atoms with van der Waals surface area (Å²) >= 11 is 1.89. The molecular formula is C53H38N2S. The Kier molecular flexibility index (Phi) is 8.43. The van der Waals surface area contributed by atoms with Crippen LogP contribution in [0.1, 0.15) is 11.3 Å². The third-order valence-electron chi connectivity index (χ3n) is 11.0. The summed E-state index contributed by atoms with van der Waals surface area (Å²) in [7, 11) is 0. The van der Waals surface area contributed by atoms with Gasteiger partial charge < -0.3 is 9.47 Å². The Hall–Kier alpha value is -6.94. The molecule has 0 radical (unpaired) electrons. The highest BCUT2D eigenvalue weighted by Gasteiger charge is 2.25. The van der Waals surface area contributed by atoms with E-state index in [9.17, 15) is 0 Å². The summed E-state index contributed by atoms with van der Waals surface area (Å²) < 4.78 is 4.95. The van der Waals surface area contributed by atoms with E-state index in [-0.39, 0.29) is 0 Å². The lowest BCUT2D eigenvalue weighted by Crippen LogP contribution is -2.12. The van der Waals surface area contributed by atoms with E-state index in [4.69, 9.17) is 0 Å². The van der Waals surface area contributed by atoms with Crippen molar-refractivity contribution in [2.24, 2.45) is 0 Å². The Labute approximate surface area is 331 Å². The average Bonchev–Trinajstić information content (AvgIpc) is 3.79. The molecule has 8 aromatic carbocycles. The van der Waals surface area contributed by atoms with E-state index in [1.54, 1.807) is 0 Å². The van der Waals surface area contributed by atoms with Crippen LogP contribution in [0.3, 0.4) is 0 Å². The molecular weight excluding hydrogens is 697 g/mol. The number of hydrogen-bond acceptors (Lipinski definition) is 2. The fourth-order valence-electron chi connectivity index (χ4n) is 8.39. The number of hydrogen-bond donors (Lipinski definition) is 0. The smallest absolute Gasteiger partial charge is 0.0633 e. The molecule has 2 nitrogen and oxygen atoms in total. The van der Waals surface area contributed by atoms with Gasteiger partial charge in [-0.15, -0.1) is 11.3 Å². The molecule has 0 fully saturated rings. The Bertz CT molecular complexity index is 3080. The van der Waals surface area contributed by atoms with Gasteiger partial charge in [-0.2, -0.15) is 0 Å². The van der Waals surface area contributed by atoms with Crippen LogP contribution < -0.4 is 4.90 Å². The number of benzene rings is 8. The van der Waals surface area contributed by atoms with Crippen LogP contribution in [-0.4, -0.2) is 4.57 Å². The number of aryl methyl sites for hydroxylation is 1. The van der Waals surface area contributed by atoms with Crippen LogP contribution in [0.5, 0.6) is 0 Å². The van der Waals surface area contributed by atoms with Gasteiger partial charge in [0.05, 0.1) is 11.2 Å². The molecule has 10 rings (SSSR count). The zero-order valence-corrected chi connectivity index (χ0v) is 31.9. The lowest BCUT2D eigenvalue weighted by molar-refractivity contribution is 1.10. The van der Waals surface area contributed by atoms with Gasteiger partial charge in [-0.1, -0.05) is 152 Å². The molecule has 0 aliphatic carbocycles. The van der Waals surface area contributed by atoms with Gasteiger partial charge in [-0.3, -0.25) is 0 Å². The molecule has 0 amide bonds. The molecule has 0 spiro atoms. The van der Waals surface area contributed by atoms with Crippen molar-refractivity contribution in [1.29, 1.82) is 0 Å². The maximum absolute atomic E-state index is 3.91. The molecule has 0 aliphatic heterocycles. The molecule has 0 saturated heterocycles. The van der Waals surface area contributed by atoms with E-state index in [0.717, 1.165) is 17.1 Å². The van der Waals surface area contributed by atoms with Gasteiger partial charge in [-0.05, 0) is 89.2 Å². The Morgan fingerprint density at radius 1 is 0.536 bits per heavy atom. The zero-order valence-electron chi connectivity index (χ0n) is 31.1. The number of thiophene rings is 1. The molecule has 3 heteroatoms. The number of fused-ring (bicyclic) bond motifs is 6. The van der Waals surface area contributed by atoms with Crippen molar-refractivity contribution in [3.05, 3.63) is 212 Å². The van der Waals surface area contributed by atoms with E-state index in [1.165, 1.54) is 81.0 Å². The maximum Gasteiger partial charge on any atom is 0.0633 e. The number of aromatic nitrogens is 1. The summed E-state index contributed by atoms with van der Waals surface area (Å²) in [5, 5.41) is 6.37.